The Morgan fingerprint density at radius 1 is 1.30 bits per heavy atom. The average molecular weight is 282 g/mol. The molecule has 0 bridgehead atoms. The fraction of sp³-hybridized carbons (Fsp3) is 1.00. The quantitative estimate of drug-likeness (QED) is 0.858. The van der Waals surface area contributed by atoms with Crippen LogP contribution in [0.2, 0.25) is 0 Å². The third-order valence-corrected chi connectivity index (χ3v) is 4.82. The SMILES string of the molecule is CC(C)CC1CN(CC2CCC(C)(C)O2)C(C)CCN1. The first-order valence-corrected chi connectivity index (χ1v) is 8.51. The van der Waals surface area contributed by atoms with Gasteiger partial charge in [0.05, 0.1) is 11.7 Å². The first-order valence-electron chi connectivity index (χ1n) is 8.51. The van der Waals surface area contributed by atoms with E-state index in [1.54, 1.807) is 0 Å². The van der Waals surface area contributed by atoms with Crippen molar-refractivity contribution < 1.29 is 4.74 Å². The largest absolute Gasteiger partial charge is 0.371 e. The zero-order valence-electron chi connectivity index (χ0n) is 14.1. The molecule has 3 nitrogen and oxygen atoms in total. The molecule has 20 heavy (non-hydrogen) atoms. The summed E-state index contributed by atoms with van der Waals surface area (Å²) in [5, 5.41) is 3.73. The van der Waals surface area contributed by atoms with Gasteiger partial charge >= 0.3 is 0 Å². The second kappa shape index (κ2) is 6.76. The van der Waals surface area contributed by atoms with Gasteiger partial charge in [-0.25, -0.2) is 0 Å². The molecule has 0 amide bonds. The molecular weight excluding hydrogens is 248 g/mol. The van der Waals surface area contributed by atoms with Crippen molar-refractivity contribution in [2.24, 2.45) is 5.92 Å². The second-order valence-corrected chi connectivity index (χ2v) is 7.91. The summed E-state index contributed by atoms with van der Waals surface area (Å²) in [4.78, 5) is 2.67. The Hall–Kier alpha value is -0.120. The van der Waals surface area contributed by atoms with E-state index in [4.69, 9.17) is 4.74 Å². The molecule has 2 rings (SSSR count). The van der Waals surface area contributed by atoms with Gasteiger partial charge in [-0.15, -0.1) is 0 Å². The van der Waals surface area contributed by atoms with E-state index in [0.29, 0.717) is 18.2 Å². The van der Waals surface area contributed by atoms with E-state index in [9.17, 15) is 0 Å². The van der Waals surface area contributed by atoms with Gasteiger partial charge in [-0.2, -0.15) is 0 Å². The molecule has 0 spiro atoms. The molecule has 0 aromatic rings. The Bertz CT molecular complexity index is 303. The summed E-state index contributed by atoms with van der Waals surface area (Å²) in [6.07, 6.45) is 5.39. The van der Waals surface area contributed by atoms with Gasteiger partial charge in [-0.1, -0.05) is 13.8 Å². The Balaban J connectivity index is 1.90. The van der Waals surface area contributed by atoms with Gasteiger partial charge in [0.2, 0.25) is 0 Å². The topological polar surface area (TPSA) is 24.5 Å². The van der Waals surface area contributed by atoms with Crippen LogP contribution in [0, 0.1) is 5.92 Å². The lowest BCUT2D eigenvalue weighted by Gasteiger charge is -2.32. The van der Waals surface area contributed by atoms with Crippen LogP contribution in [-0.4, -0.2) is 48.3 Å². The van der Waals surface area contributed by atoms with E-state index in [1.165, 1.54) is 32.2 Å². The Morgan fingerprint density at radius 2 is 2.05 bits per heavy atom. The van der Waals surface area contributed by atoms with Crippen molar-refractivity contribution in [1.29, 1.82) is 0 Å². The molecule has 0 radical (unpaired) electrons. The summed E-state index contributed by atoms with van der Waals surface area (Å²) in [6, 6.07) is 1.32. The fourth-order valence-corrected chi connectivity index (χ4v) is 3.66. The maximum absolute atomic E-state index is 6.19. The van der Waals surface area contributed by atoms with E-state index >= 15 is 0 Å². The van der Waals surface area contributed by atoms with Crippen LogP contribution in [0.5, 0.6) is 0 Å². The van der Waals surface area contributed by atoms with Crippen molar-refractivity contribution in [3.8, 4) is 0 Å². The highest BCUT2D eigenvalue weighted by molar-refractivity contribution is 4.87. The zero-order valence-corrected chi connectivity index (χ0v) is 14.1. The minimum Gasteiger partial charge on any atom is -0.371 e. The van der Waals surface area contributed by atoms with Gasteiger partial charge in [0.25, 0.3) is 0 Å². The lowest BCUT2D eigenvalue weighted by molar-refractivity contribution is -0.0332. The molecule has 2 fully saturated rings. The van der Waals surface area contributed by atoms with Crippen LogP contribution in [0.15, 0.2) is 0 Å². The van der Waals surface area contributed by atoms with Crippen LogP contribution in [-0.2, 0) is 4.74 Å². The third-order valence-electron chi connectivity index (χ3n) is 4.82. The number of hydrogen-bond donors (Lipinski definition) is 1. The van der Waals surface area contributed by atoms with E-state index in [0.717, 1.165) is 19.0 Å². The summed E-state index contributed by atoms with van der Waals surface area (Å²) in [6.45, 7) is 14.9. The van der Waals surface area contributed by atoms with E-state index in [1.807, 2.05) is 0 Å². The lowest BCUT2D eigenvalue weighted by atomic mass is 10.0. The summed E-state index contributed by atoms with van der Waals surface area (Å²) in [5.41, 5.74) is 0.0926. The van der Waals surface area contributed by atoms with Crippen molar-refractivity contribution in [3.05, 3.63) is 0 Å². The first-order chi connectivity index (χ1) is 9.35. The van der Waals surface area contributed by atoms with Gasteiger partial charge in [-0.05, 0) is 58.9 Å². The Kier molecular flexibility index (Phi) is 5.49. The van der Waals surface area contributed by atoms with Crippen molar-refractivity contribution >= 4 is 0 Å². The molecule has 2 saturated heterocycles. The average Bonchev–Trinajstić information content (AvgIpc) is 2.57. The van der Waals surface area contributed by atoms with E-state index in [-0.39, 0.29) is 5.60 Å². The van der Waals surface area contributed by atoms with Crippen LogP contribution >= 0.6 is 0 Å². The number of hydrogen-bond acceptors (Lipinski definition) is 3. The molecule has 2 heterocycles. The maximum atomic E-state index is 6.19. The van der Waals surface area contributed by atoms with Gasteiger partial charge in [0, 0.05) is 25.2 Å². The molecule has 3 heteroatoms. The molecule has 2 aliphatic rings. The smallest absolute Gasteiger partial charge is 0.0710 e. The lowest BCUT2D eigenvalue weighted by Crippen LogP contribution is -2.44. The summed E-state index contributed by atoms with van der Waals surface area (Å²) < 4.78 is 6.19. The summed E-state index contributed by atoms with van der Waals surface area (Å²) >= 11 is 0. The van der Waals surface area contributed by atoms with Gasteiger partial charge in [0.1, 0.15) is 0 Å². The molecule has 1 N–H and O–H groups in total. The maximum Gasteiger partial charge on any atom is 0.0710 e. The molecular formula is C17H34N2O. The molecule has 3 atom stereocenters. The molecule has 118 valence electrons. The molecule has 0 aromatic heterocycles. The molecule has 0 aliphatic carbocycles. The minimum absolute atomic E-state index is 0.0926. The highest BCUT2D eigenvalue weighted by Gasteiger charge is 2.34. The molecule has 0 saturated carbocycles. The number of nitrogens with one attached hydrogen (secondary N) is 1. The van der Waals surface area contributed by atoms with Crippen LogP contribution in [0.1, 0.15) is 60.3 Å². The number of nitrogens with zero attached hydrogens (tertiary/aromatic N) is 1. The van der Waals surface area contributed by atoms with Crippen molar-refractivity contribution in [1.82, 2.24) is 10.2 Å². The van der Waals surface area contributed by atoms with Gasteiger partial charge in [-0.3, -0.25) is 4.90 Å². The third kappa shape index (κ3) is 4.71. The Labute approximate surface area is 125 Å². The zero-order chi connectivity index (χ0) is 14.8. The minimum atomic E-state index is 0.0926. The van der Waals surface area contributed by atoms with Gasteiger partial charge < -0.3 is 10.1 Å². The summed E-state index contributed by atoms with van der Waals surface area (Å²) in [5.74, 6) is 0.768. The van der Waals surface area contributed by atoms with Crippen LogP contribution < -0.4 is 5.32 Å². The number of ether oxygens (including phenoxy) is 1. The highest BCUT2D eigenvalue weighted by atomic mass is 16.5. The van der Waals surface area contributed by atoms with Crippen LogP contribution in [0.4, 0.5) is 0 Å². The van der Waals surface area contributed by atoms with E-state index in [2.05, 4.69) is 44.8 Å². The summed E-state index contributed by atoms with van der Waals surface area (Å²) in [7, 11) is 0. The second-order valence-electron chi connectivity index (χ2n) is 7.91. The number of rotatable bonds is 4. The van der Waals surface area contributed by atoms with Crippen molar-refractivity contribution in [2.45, 2.75) is 84.1 Å². The predicted molar refractivity (Wildman–Crippen MR) is 85.1 cm³/mol. The highest BCUT2D eigenvalue weighted by Crippen LogP contribution is 2.30. The normalized spacial score (nSPS) is 35.4. The first kappa shape index (κ1) is 16.3. The Morgan fingerprint density at radius 3 is 2.65 bits per heavy atom. The fourth-order valence-electron chi connectivity index (χ4n) is 3.66. The molecule has 2 aliphatic heterocycles. The molecule has 0 aromatic carbocycles. The van der Waals surface area contributed by atoms with Crippen molar-refractivity contribution in [3.63, 3.8) is 0 Å². The van der Waals surface area contributed by atoms with Gasteiger partial charge in [0.15, 0.2) is 0 Å². The monoisotopic (exact) mass is 282 g/mol. The van der Waals surface area contributed by atoms with Crippen molar-refractivity contribution in [2.75, 3.05) is 19.6 Å². The predicted octanol–water partition coefficient (Wildman–Crippen LogP) is 3.04. The standard InChI is InChI=1S/C17H34N2O/c1-13(2)10-15-11-19(14(3)7-9-18-15)12-16-6-8-17(4,5)20-16/h13-16,18H,6-12H2,1-5H3. The van der Waals surface area contributed by atoms with E-state index < -0.39 is 0 Å². The van der Waals surface area contributed by atoms with Crippen LogP contribution in [0.25, 0.3) is 0 Å². The molecule has 3 unspecified atom stereocenters. The van der Waals surface area contributed by atoms with Crippen LogP contribution in [0.3, 0.4) is 0 Å².